The molecule has 0 radical (unpaired) electrons. The Hall–Kier alpha value is -2.95. The number of carbonyl (C=O) groups is 3. The SMILES string of the molecule is CC[C@@H](C)C(=O)O[C@H](C(=O)Nc1cccc(C(C)=O)c1)c1ccccc1. The Bertz CT molecular complexity index is 786. The van der Waals surface area contributed by atoms with E-state index in [1.165, 1.54) is 6.92 Å². The molecule has 0 saturated carbocycles. The third-order valence-corrected chi connectivity index (χ3v) is 4.13. The Morgan fingerprint density at radius 2 is 1.73 bits per heavy atom. The van der Waals surface area contributed by atoms with Crippen molar-refractivity contribution in [3.8, 4) is 0 Å². The molecule has 2 aromatic rings. The van der Waals surface area contributed by atoms with Gasteiger partial charge in [0.1, 0.15) is 0 Å². The van der Waals surface area contributed by atoms with E-state index < -0.39 is 18.0 Å². The summed E-state index contributed by atoms with van der Waals surface area (Å²) < 4.78 is 5.48. The van der Waals surface area contributed by atoms with Crippen LogP contribution >= 0.6 is 0 Å². The number of ether oxygens (including phenoxy) is 1. The zero-order chi connectivity index (χ0) is 19.1. The summed E-state index contributed by atoms with van der Waals surface area (Å²) in [7, 11) is 0. The third kappa shape index (κ3) is 5.02. The minimum Gasteiger partial charge on any atom is -0.447 e. The number of anilines is 1. The van der Waals surface area contributed by atoms with Crippen LogP contribution in [0.15, 0.2) is 54.6 Å². The Morgan fingerprint density at radius 1 is 1.04 bits per heavy atom. The lowest BCUT2D eigenvalue weighted by molar-refractivity contribution is -0.158. The fraction of sp³-hybridized carbons (Fsp3) is 0.286. The van der Waals surface area contributed by atoms with Gasteiger partial charge >= 0.3 is 5.97 Å². The van der Waals surface area contributed by atoms with Gasteiger partial charge in [0.2, 0.25) is 6.10 Å². The second-order valence-electron chi connectivity index (χ2n) is 6.16. The fourth-order valence-corrected chi connectivity index (χ4v) is 2.32. The van der Waals surface area contributed by atoms with E-state index in [1.54, 1.807) is 55.5 Å². The van der Waals surface area contributed by atoms with E-state index in [0.29, 0.717) is 23.2 Å². The Balaban J connectivity index is 2.24. The fourth-order valence-electron chi connectivity index (χ4n) is 2.32. The van der Waals surface area contributed by atoms with Crippen LogP contribution in [0.5, 0.6) is 0 Å². The highest BCUT2D eigenvalue weighted by Gasteiger charge is 2.27. The maximum Gasteiger partial charge on any atom is 0.309 e. The van der Waals surface area contributed by atoms with E-state index in [2.05, 4.69) is 5.32 Å². The van der Waals surface area contributed by atoms with Gasteiger partial charge in [0, 0.05) is 16.8 Å². The molecule has 0 aromatic heterocycles. The third-order valence-electron chi connectivity index (χ3n) is 4.13. The van der Waals surface area contributed by atoms with Gasteiger partial charge in [-0.25, -0.2) is 0 Å². The molecule has 0 aliphatic rings. The summed E-state index contributed by atoms with van der Waals surface area (Å²) in [5.41, 5.74) is 1.56. The summed E-state index contributed by atoms with van der Waals surface area (Å²) in [5.74, 6) is -1.28. The molecule has 0 bridgehead atoms. The van der Waals surface area contributed by atoms with Crippen molar-refractivity contribution in [2.45, 2.75) is 33.3 Å². The highest BCUT2D eigenvalue weighted by atomic mass is 16.5. The summed E-state index contributed by atoms with van der Waals surface area (Å²) in [4.78, 5) is 36.5. The van der Waals surface area contributed by atoms with Gasteiger partial charge in [0.25, 0.3) is 5.91 Å². The molecule has 2 atom stereocenters. The first kappa shape index (κ1) is 19.4. The van der Waals surface area contributed by atoms with Crippen molar-refractivity contribution in [1.29, 1.82) is 0 Å². The van der Waals surface area contributed by atoms with Gasteiger partial charge in [-0.05, 0) is 25.5 Å². The number of ketones is 1. The Morgan fingerprint density at radius 3 is 2.35 bits per heavy atom. The number of Topliss-reactive ketones (excluding diaryl/α,β-unsaturated/α-hetero) is 1. The monoisotopic (exact) mass is 353 g/mol. The van der Waals surface area contributed by atoms with Gasteiger partial charge in [-0.2, -0.15) is 0 Å². The molecule has 2 aromatic carbocycles. The van der Waals surface area contributed by atoms with Crippen LogP contribution in [0.3, 0.4) is 0 Å². The first-order chi connectivity index (χ1) is 12.4. The number of nitrogens with one attached hydrogen (secondary N) is 1. The number of benzene rings is 2. The summed E-state index contributed by atoms with van der Waals surface area (Å²) in [6.07, 6.45) is -0.429. The zero-order valence-corrected chi connectivity index (χ0v) is 15.2. The lowest BCUT2D eigenvalue weighted by atomic mass is 10.1. The minimum absolute atomic E-state index is 0.0936. The topological polar surface area (TPSA) is 72.5 Å². The zero-order valence-electron chi connectivity index (χ0n) is 15.2. The van der Waals surface area contributed by atoms with Gasteiger partial charge in [0.05, 0.1) is 5.92 Å². The van der Waals surface area contributed by atoms with Crippen molar-refractivity contribution >= 4 is 23.3 Å². The number of hydrogen-bond acceptors (Lipinski definition) is 4. The molecule has 0 aliphatic heterocycles. The minimum atomic E-state index is -1.06. The maximum absolute atomic E-state index is 12.8. The quantitative estimate of drug-likeness (QED) is 0.599. The number of hydrogen-bond donors (Lipinski definition) is 1. The van der Waals surface area contributed by atoms with Crippen molar-refractivity contribution in [2.75, 3.05) is 5.32 Å². The summed E-state index contributed by atoms with van der Waals surface area (Å²) >= 11 is 0. The highest BCUT2D eigenvalue weighted by Crippen LogP contribution is 2.22. The predicted octanol–water partition coefficient (Wildman–Crippen LogP) is 4.16. The number of rotatable bonds is 7. The Kier molecular flexibility index (Phi) is 6.67. The molecule has 2 rings (SSSR count). The van der Waals surface area contributed by atoms with Crippen LogP contribution in [0.1, 0.15) is 49.2 Å². The van der Waals surface area contributed by atoms with Crippen molar-refractivity contribution in [1.82, 2.24) is 0 Å². The van der Waals surface area contributed by atoms with E-state index in [-0.39, 0.29) is 11.7 Å². The lowest BCUT2D eigenvalue weighted by Gasteiger charge is -2.20. The van der Waals surface area contributed by atoms with Gasteiger partial charge in [-0.15, -0.1) is 0 Å². The first-order valence-corrected chi connectivity index (χ1v) is 8.59. The van der Waals surface area contributed by atoms with Crippen molar-refractivity contribution in [3.05, 3.63) is 65.7 Å². The van der Waals surface area contributed by atoms with Gasteiger partial charge < -0.3 is 10.1 Å². The average molecular weight is 353 g/mol. The molecule has 136 valence electrons. The Labute approximate surface area is 153 Å². The van der Waals surface area contributed by atoms with Gasteiger partial charge in [-0.1, -0.05) is 56.3 Å². The lowest BCUT2D eigenvalue weighted by Crippen LogP contribution is -2.28. The molecule has 0 heterocycles. The summed E-state index contributed by atoms with van der Waals surface area (Å²) in [6, 6.07) is 15.5. The standard InChI is InChI=1S/C21H23NO4/c1-4-14(2)21(25)26-19(16-9-6-5-7-10-16)20(24)22-18-12-8-11-17(13-18)15(3)23/h5-14,19H,4H2,1-3H3,(H,22,24)/t14-,19+/m1/s1. The average Bonchev–Trinajstić information content (AvgIpc) is 2.65. The number of carbonyl (C=O) groups excluding carboxylic acids is 3. The molecule has 0 fully saturated rings. The summed E-state index contributed by atoms with van der Waals surface area (Å²) in [6.45, 7) is 5.11. The largest absolute Gasteiger partial charge is 0.447 e. The normalized spacial score (nSPS) is 12.7. The molecule has 26 heavy (non-hydrogen) atoms. The van der Waals surface area contributed by atoms with Crippen LogP contribution in [0.2, 0.25) is 0 Å². The van der Waals surface area contributed by atoms with Gasteiger partial charge in [-0.3, -0.25) is 14.4 Å². The van der Waals surface area contributed by atoms with Gasteiger partial charge in [0.15, 0.2) is 5.78 Å². The smallest absolute Gasteiger partial charge is 0.309 e. The molecule has 5 nitrogen and oxygen atoms in total. The summed E-state index contributed by atoms with van der Waals surface area (Å²) in [5, 5.41) is 2.73. The molecule has 5 heteroatoms. The first-order valence-electron chi connectivity index (χ1n) is 8.59. The van der Waals surface area contributed by atoms with Crippen molar-refractivity contribution in [2.24, 2.45) is 5.92 Å². The van der Waals surface area contributed by atoms with E-state index in [1.807, 2.05) is 13.0 Å². The van der Waals surface area contributed by atoms with E-state index in [0.717, 1.165) is 0 Å². The van der Waals surface area contributed by atoms with Crippen LogP contribution in [0, 0.1) is 5.92 Å². The molecule has 0 spiro atoms. The van der Waals surface area contributed by atoms with E-state index in [9.17, 15) is 14.4 Å². The van der Waals surface area contributed by atoms with Crippen LogP contribution in [0.25, 0.3) is 0 Å². The van der Waals surface area contributed by atoms with E-state index >= 15 is 0 Å². The molecule has 1 N–H and O–H groups in total. The van der Waals surface area contributed by atoms with Crippen LogP contribution in [-0.4, -0.2) is 17.7 Å². The molecule has 1 amide bonds. The van der Waals surface area contributed by atoms with E-state index in [4.69, 9.17) is 4.74 Å². The second-order valence-corrected chi connectivity index (χ2v) is 6.16. The highest BCUT2D eigenvalue weighted by molar-refractivity contribution is 5.99. The maximum atomic E-state index is 12.8. The molecular weight excluding hydrogens is 330 g/mol. The molecule has 0 saturated heterocycles. The molecular formula is C21H23NO4. The van der Waals surface area contributed by atoms with Crippen LogP contribution < -0.4 is 5.32 Å². The number of esters is 1. The molecule has 0 aliphatic carbocycles. The predicted molar refractivity (Wildman–Crippen MR) is 99.8 cm³/mol. The van der Waals surface area contributed by atoms with Crippen molar-refractivity contribution in [3.63, 3.8) is 0 Å². The van der Waals surface area contributed by atoms with Crippen LogP contribution in [-0.2, 0) is 14.3 Å². The van der Waals surface area contributed by atoms with Crippen LogP contribution in [0.4, 0.5) is 5.69 Å². The number of amides is 1. The molecule has 0 unspecified atom stereocenters. The second kappa shape index (κ2) is 8.94. The van der Waals surface area contributed by atoms with Crippen molar-refractivity contribution < 1.29 is 19.1 Å².